The molecule has 434 valence electrons. The van der Waals surface area contributed by atoms with Gasteiger partial charge in [-0.15, -0.1) is 0 Å². The number of benzene rings is 6. The number of hydrogen-bond donors (Lipinski definition) is 6. The summed E-state index contributed by atoms with van der Waals surface area (Å²) >= 11 is 0. The first-order valence-electron chi connectivity index (χ1n) is 30.5. The number of aliphatic imine (C=N–C) groups is 1. The third kappa shape index (κ3) is 10.3. The number of nitrogens with two attached hydrogens (primary N) is 2. The number of hydrogen-bond acceptors (Lipinski definition) is 10. The van der Waals surface area contributed by atoms with Crippen molar-refractivity contribution in [3.05, 3.63) is 196 Å². The molecule has 0 radical (unpaired) electrons. The topological polar surface area (TPSA) is 221 Å². The molecule has 17 unspecified atom stereocenters. The summed E-state index contributed by atoms with van der Waals surface area (Å²) < 4.78 is 58.3. The molecule has 0 aromatic heterocycles. The van der Waals surface area contributed by atoms with E-state index in [1.165, 1.54) is 0 Å². The largest absolute Gasteiger partial charge is 1.00 e. The van der Waals surface area contributed by atoms with E-state index in [0.29, 0.717) is 61.8 Å². The SMILES string of the molecule is CC1CCc2cc3ccc2C1CC(S(=O)(=O)[O-])C1C=C2CC(CC4CC(CO)CC#Cc5cc(O)ccc5C2O4)C1c1ccc(cc1)C(N=C(N)N)(C1CC2C=CC4C(c5ccc6ccc(O)cc6c5)CCC2C4(O)C1Cc1ccccc1)O3.[Na+]. The van der Waals surface area contributed by atoms with Crippen LogP contribution < -0.4 is 45.8 Å². The summed E-state index contributed by atoms with van der Waals surface area (Å²) in [4.78, 5) is 5.38. The van der Waals surface area contributed by atoms with Crippen LogP contribution in [0.4, 0.5) is 0 Å². The van der Waals surface area contributed by atoms with Gasteiger partial charge in [-0.05, 0) is 198 Å². The predicted octanol–water partition coefficient (Wildman–Crippen LogP) is 8.28. The molecule has 16 rings (SSSR count). The number of aryl methyl sites for hydroxylation is 1. The zero-order valence-electron chi connectivity index (χ0n) is 48.3. The number of ether oxygens (including phenoxy) is 2. The van der Waals surface area contributed by atoms with Crippen LogP contribution in [0.3, 0.4) is 0 Å². The molecule has 12 nitrogen and oxygen atoms in total. The second-order valence-corrected chi connectivity index (χ2v) is 27.7. The number of phenolic OH excluding ortho intramolecular Hbond substituents is 2. The van der Waals surface area contributed by atoms with Gasteiger partial charge in [-0.25, -0.2) is 13.4 Å². The average Bonchev–Trinajstić information content (AvgIpc) is 1.28. The van der Waals surface area contributed by atoms with E-state index in [2.05, 4.69) is 91.6 Å². The molecule has 14 heteroatoms. The van der Waals surface area contributed by atoms with Gasteiger partial charge in [0.15, 0.2) is 5.96 Å². The predicted molar refractivity (Wildman–Crippen MR) is 323 cm³/mol. The Labute approximate surface area is 520 Å². The molecule has 5 aliphatic heterocycles. The summed E-state index contributed by atoms with van der Waals surface area (Å²) in [5, 5.41) is 47.2. The van der Waals surface area contributed by atoms with Crippen molar-refractivity contribution in [2.45, 2.75) is 124 Å². The van der Waals surface area contributed by atoms with Crippen LogP contribution in [0.15, 0.2) is 156 Å². The number of nitrogens with zero attached hydrogens (tertiary/aromatic N) is 1. The molecule has 10 aliphatic rings. The van der Waals surface area contributed by atoms with Crippen LogP contribution in [-0.4, -0.2) is 62.9 Å². The number of rotatable bonds is 7. The van der Waals surface area contributed by atoms with Crippen LogP contribution in [0.2, 0.25) is 0 Å². The maximum absolute atomic E-state index is 14.5. The molecule has 6 aromatic rings. The first kappa shape index (κ1) is 58.1. The molecular formula is C71H74N3NaO9S. The molecule has 17 atom stereocenters. The van der Waals surface area contributed by atoms with E-state index in [0.717, 1.165) is 69.0 Å². The Balaban J connectivity index is 0.00000672. The Morgan fingerprint density at radius 3 is 2.35 bits per heavy atom. The van der Waals surface area contributed by atoms with E-state index in [1.54, 1.807) is 18.2 Å². The van der Waals surface area contributed by atoms with E-state index >= 15 is 0 Å². The minimum atomic E-state index is -4.97. The van der Waals surface area contributed by atoms with E-state index in [-0.39, 0.29) is 113 Å². The van der Waals surface area contributed by atoms with Crippen LogP contribution in [0.5, 0.6) is 17.2 Å². The van der Waals surface area contributed by atoms with Gasteiger partial charge in [0.05, 0.1) is 27.1 Å². The van der Waals surface area contributed by atoms with E-state index in [4.69, 9.17) is 25.9 Å². The van der Waals surface area contributed by atoms with Gasteiger partial charge in [-0.1, -0.05) is 128 Å². The number of phenols is 2. The van der Waals surface area contributed by atoms with E-state index in [1.807, 2.05) is 54.6 Å². The van der Waals surface area contributed by atoms with Crippen LogP contribution >= 0.6 is 0 Å². The fourth-order valence-electron chi connectivity index (χ4n) is 17.9. The quantitative estimate of drug-likeness (QED) is 0.0223. The Morgan fingerprint density at radius 2 is 1.56 bits per heavy atom. The number of aromatic hydroxyl groups is 2. The zero-order chi connectivity index (χ0) is 57.8. The minimum Gasteiger partial charge on any atom is -0.748 e. The molecule has 6 aromatic carbocycles. The number of allylic oxidation sites excluding steroid dienone is 2. The van der Waals surface area contributed by atoms with Crippen molar-refractivity contribution < 1.29 is 72.4 Å². The van der Waals surface area contributed by atoms with Gasteiger partial charge in [0.25, 0.3) is 0 Å². The molecule has 5 aliphatic carbocycles. The van der Waals surface area contributed by atoms with E-state index < -0.39 is 56.5 Å². The minimum absolute atomic E-state index is 0. The Bertz CT molecular complexity index is 3820. The maximum atomic E-state index is 14.5. The average molecular weight is 1170 g/mol. The molecule has 14 bridgehead atoms. The molecular weight excluding hydrogens is 1090 g/mol. The van der Waals surface area contributed by atoms with Crippen molar-refractivity contribution in [1.82, 2.24) is 0 Å². The van der Waals surface area contributed by atoms with Crippen LogP contribution in [0.25, 0.3) is 10.8 Å². The van der Waals surface area contributed by atoms with Gasteiger partial charge in [0.2, 0.25) is 5.72 Å². The van der Waals surface area contributed by atoms with Gasteiger partial charge >= 0.3 is 29.6 Å². The second-order valence-electron chi connectivity index (χ2n) is 26.1. The molecule has 3 fully saturated rings. The van der Waals surface area contributed by atoms with Crippen molar-refractivity contribution in [3.63, 3.8) is 0 Å². The molecule has 1 saturated heterocycles. The molecule has 0 spiro atoms. The summed E-state index contributed by atoms with van der Waals surface area (Å²) in [6.45, 7) is 2.07. The van der Waals surface area contributed by atoms with Gasteiger partial charge in [-0.2, -0.15) is 0 Å². The summed E-state index contributed by atoms with van der Waals surface area (Å²) in [5.41, 5.74) is 18.6. The normalized spacial score (nSPS) is 34.2. The number of aliphatic hydroxyl groups excluding tert-OH is 1. The summed E-state index contributed by atoms with van der Waals surface area (Å²) in [7, 11) is -4.97. The standard InChI is InChI=1S/C71H75N3O9S.Na/c1-40-10-11-47-34-55-22-24-57(47)60(40)38-66(84(79,80)81)61-36-51-31-50(35-56-28-42(39-75)8-5-9-45-32-54(77)21-23-59(45)68(51)82-56)67(61)44-14-18-52(19-15-44)71(83-55,74-69(72)73)65-37-48-17-26-63-58(46-13-12-43-16-20-53(76)33-49(43)30-46)25-27-62(48)70(63,78)64(65)29-41-6-3-2-4-7-41;/h2-4,6-7,12-24,26,30,32-34,36,40,42,48,50,56,58,60-68,75-78H,8,10-11,25,27-29,31,35,37-39H2,1H3,(H4,72,73,74)(H,79,80,81);/q;+1/p-1. The zero-order valence-corrected chi connectivity index (χ0v) is 51.2. The fraction of sp³-hybridized carbons (Fsp3) is 0.423. The summed E-state index contributed by atoms with van der Waals surface area (Å²) in [6, 6.07) is 41.7. The second kappa shape index (κ2) is 22.7. The molecule has 85 heavy (non-hydrogen) atoms. The van der Waals surface area contributed by atoms with Gasteiger partial charge in [0, 0.05) is 47.5 Å². The number of aliphatic hydroxyl groups is 2. The molecule has 2 saturated carbocycles. The first-order chi connectivity index (χ1) is 40.5. The van der Waals surface area contributed by atoms with Crippen molar-refractivity contribution in [2.75, 3.05) is 6.61 Å². The maximum Gasteiger partial charge on any atom is 1.00 e. The monoisotopic (exact) mass is 1170 g/mol. The van der Waals surface area contributed by atoms with Crippen LogP contribution in [-0.2, 0) is 33.4 Å². The molecule has 8 N–H and O–H groups in total. The molecule has 0 amide bonds. The smallest absolute Gasteiger partial charge is 0.748 e. The Kier molecular flexibility index (Phi) is 15.5. The first-order valence-corrected chi connectivity index (χ1v) is 32.0. The van der Waals surface area contributed by atoms with Crippen molar-refractivity contribution in [3.8, 4) is 29.1 Å². The molecule has 5 heterocycles. The number of guanidine groups is 1. The number of fused-ring (bicyclic) bond motifs is 10. The van der Waals surface area contributed by atoms with Crippen LogP contribution in [0, 0.1) is 65.1 Å². The van der Waals surface area contributed by atoms with E-state index in [9.17, 15) is 33.4 Å². The third-order valence-corrected chi connectivity index (χ3v) is 22.8. The Hall–Kier alpha value is -5.92. The van der Waals surface area contributed by atoms with Crippen LogP contribution in [0.1, 0.15) is 133 Å². The van der Waals surface area contributed by atoms with Crippen molar-refractivity contribution in [2.24, 2.45) is 69.7 Å². The van der Waals surface area contributed by atoms with Gasteiger partial charge < -0.3 is 45.9 Å². The Morgan fingerprint density at radius 1 is 0.800 bits per heavy atom. The fourth-order valence-corrected chi connectivity index (χ4v) is 19.0. The van der Waals surface area contributed by atoms with Gasteiger partial charge in [0.1, 0.15) is 23.4 Å². The van der Waals surface area contributed by atoms with Crippen molar-refractivity contribution >= 4 is 26.9 Å². The summed E-state index contributed by atoms with van der Waals surface area (Å²) in [6.07, 6.45) is 12.1. The van der Waals surface area contributed by atoms with Crippen molar-refractivity contribution in [1.29, 1.82) is 0 Å². The third-order valence-electron chi connectivity index (χ3n) is 21.6. The summed E-state index contributed by atoms with van der Waals surface area (Å²) in [5.74, 6) is 3.93. The van der Waals surface area contributed by atoms with Gasteiger partial charge in [-0.3, -0.25) is 0 Å².